The zero-order valence-corrected chi connectivity index (χ0v) is 13.2. The SMILES string of the molecule is [Se]P([Se])(=[Se])[Se]c1ccccc1. The van der Waals surface area contributed by atoms with Crippen LogP contribution in [0.15, 0.2) is 30.3 Å². The second kappa shape index (κ2) is 4.82. The minimum atomic E-state index is -0.950. The molecule has 0 aliphatic rings. The fourth-order valence-corrected chi connectivity index (χ4v) is 12.2. The molecule has 0 heterocycles. The maximum atomic E-state index is 3.19. The molecule has 0 aliphatic carbocycles. The Bertz CT molecular complexity index is 265. The molecule has 11 heavy (non-hydrogen) atoms. The molecule has 0 aromatic heterocycles. The first-order valence-corrected chi connectivity index (χ1v) is 14.4. The molecular formula is C6H5PSe4. The van der Waals surface area contributed by atoms with Gasteiger partial charge in [0.25, 0.3) is 0 Å². The summed E-state index contributed by atoms with van der Waals surface area (Å²) in [6.07, 6.45) is 0. The van der Waals surface area contributed by atoms with E-state index >= 15 is 0 Å². The van der Waals surface area contributed by atoms with Crippen LogP contribution in [-0.2, 0) is 0 Å². The summed E-state index contributed by atoms with van der Waals surface area (Å²) in [5.74, 6) is 0. The number of hydrogen-bond acceptors (Lipinski definition) is 0. The Morgan fingerprint density at radius 3 is 2.09 bits per heavy atom. The van der Waals surface area contributed by atoms with E-state index < -0.39 is 1.58 Å². The third kappa shape index (κ3) is 5.12. The summed E-state index contributed by atoms with van der Waals surface area (Å²) in [4.78, 5) is 0. The van der Waals surface area contributed by atoms with E-state index in [1.807, 2.05) is 0 Å². The monoisotopic (exact) mass is 428 g/mol. The molecule has 0 spiro atoms. The fourth-order valence-electron chi connectivity index (χ4n) is 0.610. The van der Waals surface area contributed by atoms with Gasteiger partial charge in [0.2, 0.25) is 0 Å². The van der Waals surface area contributed by atoms with E-state index in [4.69, 9.17) is 0 Å². The molecule has 0 saturated heterocycles. The van der Waals surface area contributed by atoms with Crippen LogP contribution in [0, 0.1) is 0 Å². The van der Waals surface area contributed by atoms with Gasteiger partial charge in [-0.2, -0.15) is 0 Å². The maximum absolute atomic E-state index is 3.19. The number of rotatable bonds is 2. The molecule has 5 heteroatoms. The van der Waals surface area contributed by atoms with Crippen molar-refractivity contribution in [2.24, 2.45) is 0 Å². The van der Waals surface area contributed by atoms with Crippen molar-refractivity contribution in [2.75, 3.05) is 0 Å². The summed E-state index contributed by atoms with van der Waals surface area (Å²) in [5, 5.41) is 0. The third-order valence-electron chi connectivity index (χ3n) is 0.960. The molecule has 1 rings (SSSR count). The van der Waals surface area contributed by atoms with E-state index in [2.05, 4.69) is 76.6 Å². The van der Waals surface area contributed by atoms with E-state index in [0.29, 0.717) is 14.5 Å². The van der Waals surface area contributed by atoms with Crippen LogP contribution in [-0.4, -0.2) is 60.8 Å². The Hall–Kier alpha value is 1.73. The van der Waals surface area contributed by atoms with Crippen LogP contribution in [0.4, 0.5) is 0 Å². The quantitative estimate of drug-likeness (QED) is 0.471. The van der Waals surface area contributed by atoms with Crippen molar-refractivity contribution in [2.45, 2.75) is 0 Å². The molecule has 0 nitrogen and oxygen atoms in total. The summed E-state index contributed by atoms with van der Waals surface area (Å²) < 4.78 is 0.499. The van der Waals surface area contributed by atoms with Gasteiger partial charge in [-0.1, -0.05) is 0 Å². The van der Waals surface area contributed by atoms with Crippen molar-refractivity contribution in [1.29, 1.82) is 0 Å². The predicted molar refractivity (Wildman–Crippen MR) is 56.0 cm³/mol. The van der Waals surface area contributed by atoms with E-state index in [1.54, 1.807) is 0 Å². The molecule has 1 aromatic rings. The van der Waals surface area contributed by atoms with Gasteiger partial charge in [-0.3, -0.25) is 0 Å². The average molecular weight is 424 g/mol. The van der Waals surface area contributed by atoms with Crippen molar-refractivity contribution < 1.29 is 0 Å². The molecule has 1 aromatic carbocycles. The van der Waals surface area contributed by atoms with Gasteiger partial charge in [0.15, 0.2) is 0 Å². The molecular weight excluding hydrogens is 419 g/mol. The summed E-state index contributed by atoms with van der Waals surface area (Å²) in [5.41, 5.74) is 0. The van der Waals surface area contributed by atoms with Crippen LogP contribution in [0.3, 0.4) is 0 Å². The first kappa shape index (κ1) is 10.8. The summed E-state index contributed by atoms with van der Waals surface area (Å²) >= 11 is 10.1. The van der Waals surface area contributed by atoms with Crippen molar-refractivity contribution in [3.8, 4) is 0 Å². The van der Waals surface area contributed by atoms with Crippen LogP contribution in [0.5, 0.6) is 0 Å². The normalized spacial score (nSPS) is 11.5. The molecule has 58 valence electrons. The Kier molecular flexibility index (Phi) is 4.74. The van der Waals surface area contributed by atoms with E-state index in [9.17, 15) is 0 Å². The topological polar surface area (TPSA) is 0 Å². The van der Waals surface area contributed by atoms with Crippen LogP contribution in [0.1, 0.15) is 0 Å². The average Bonchev–Trinajstić information content (AvgIpc) is 1.85. The molecule has 0 atom stereocenters. The molecule has 0 unspecified atom stereocenters. The molecule has 2 radical (unpaired) electrons. The second-order valence-electron chi connectivity index (χ2n) is 1.85. The van der Waals surface area contributed by atoms with E-state index in [-0.39, 0.29) is 0 Å². The first-order valence-electron chi connectivity index (χ1n) is 2.85. The number of benzene rings is 1. The Labute approximate surface area is 96.1 Å². The molecule has 0 bridgehead atoms. The van der Waals surface area contributed by atoms with Crippen LogP contribution >= 0.6 is 1.58 Å². The van der Waals surface area contributed by atoms with Crippen molar-refractivity contribution >= 4 is 66.8 Å². The zero-order chi connectivity index (χ0) is 8.32. The Balaban J connectivity index is 2.74. The van der Waals surface area contributed by atoms with Gasteiger partial charge in [0, 0.05) is 0 Å². The predicted octanol–water partition coefficient (Wildman–Crippen LogP) is 0.199. The molecule has 0 aliphatic heterocycles. The molecule has 0 N–H and O–H groups in total. The van der Waals surface area contributed by atoms with Gasteiger partial charge in [-0.05, 0) is 0 Å². The van der Waals surface area contributed by atoms with E-state index in [0.717, 1.165) is 0 Å². The van der Waals surface area contributed by atoms with Crippen molar-refractivity contribution in [3.63, 3.8) is 0 Å². The van der Waals surface area contributed by atoms with Gasteiger partial charge in [0.05, 0.1) is 0 Å². The third-order valence-corrected chi connectivity index (χ3v) is 12.0. The summed E-state index contributed by atoms with van der Waals surface area (Å²) in [6, 6.07) is 10.6. The summed E-state index contributed by atoms with van der Waals surface area (Å²) in [6.45, 7) is 0. The van der Waals surface area contributed by atoms with Crippen LogP contribution in [0.2, 0.25) is 0 Å². The standard InChI is InChI=1S/C6H5PSe4/c8-7(9,10)11-6-4-2-1-3-5-6/h1-5H. The fraction of sp³-hybridized carbons (Fsp3) is 0. The Morgan fingerprint density at radius 1 is 1.09 bits per heavy atom. The number of hydrogen-bond donors (Lipinski definition) is 0. The van der Waals surface area contributed by atoms with E-state index in [1.165, 1.54) is 4.46 Å². The van der Waals surface area contributed by atoms with Crippen LogP contribution in [0.25, 0.3) is 0 Å². The van der Waals surface area contributed by atoms with Crippen molar-refractivity contribution in [1.82, 2.24) is 0 Å². The molecule has 0 saturated carbocycles. The van der Waals surface area contributed by atoms with Gasteiger partial charge < -0.3 is 0 Å². The van der Waals surface area contributed by atoms with Crippen LogP contribution < -0.4 is 4.46 Å². The van der Waals surface area contributed by atoms with Crippen molar-refractivity contribution in [3.05, 3.63) is 30.3 Å². The Morgan fingerprint density at radius 2 is 1.64 bits per heavy atom. The van der Waals surface area contributed by atoms with Gasteiger partial charge in [-0.25, -0.2) is 0 Å². The zero-order valence-electron chi connectivity index (χ0n) is 5.47. The van der Waals surface area contributed by atoms with Gasteiger partial charge in [-0.15, -0.1) is 0 Å². The minimum absolute atomic E-state index is 0.550. The van der Waals surface area contributed by atoms with Gasteiger partial charge >= 0.3 is 97.1 Å². The first-order chi connectivity index (χ1) is 5.08. The molecule has 0 fully saturated rings. The summed E-state index contributed by atoms with van der Waals surface area (Å²) in [7, 11) is 0. The van der Waals surface area contributed by atoms with Gasteiger partial charge in [0.1, 0.15) is 0 Å². The second-order valence-corrected chi connectivity index (χ2v) is 39.9. The molecule has 0 amide bonds.